The van der Waals surface area contributed by atoms with Crippen molar-refractivity contribution in [3.05, 3.63) is 76.1 Å². The van der Waals surface area contributed by atoms with Crippen LogP contribution in [0, 0.1) is 0 Å². The number of hydrogen-bond acceptors (Lipinski definition) is 3. The summed E-state index contributed by atoms with van der Waals surface area (Å²) in [5.41, 5.74) is 1.21. The van der Waals surface area contributed by atoms with Crippen molar-refractivity contribution in [2.24, 2.45) is 0 Å². The highest BCUT2D eigenvalue weighted by molar-refractivity contribution is 7.21. The van der Waals surface area contributed by atoms with E-state index in [2.05, 4.69) is 29.2 Å². The van der Waals surface area contributed by atoms with Crippen LogP contribution in [0.5, 0.6) is 0 Å². The fourth-order valence-electron chi connectivity index (χ4n) is 3.33. The zero-order valence-electron chi connectivity index (χ0n) is 15.0. The lowest BCUT2D eigenvalue weighted by Gasteiger charge is -2.34. The molecular weight excluding hydrogens is 376 g/mol. The minimum absolute atomic E-state index is 0.0562. The molecule has 3 nitrogen and oxygen atoms in total. The maximum absolute atomic E-state index is 12.9. The third-order valence-electron chi connectivity index (χ3n) is 4.86. The Bertz CT molecular complexity index is 959. The molecule has 5 heteroatoms. The van der Waals surface area contributed by atoms with Crippen LogP contribution < -0.4 is 0 Å². The molecule has 1 saturated heterocycles. The van der Waals surface area contributed by atoms with Crippen LogP contribution in [-0.4, -0.2) is 48.4 Å². The molecule has 0 spiro atoms. The summed E-state index contributed by atoms with van der Waals surface area (Å²) in [5, 5.41) is 1.56. The normalized spacial score (nSPS) is 15.7. The first-order valence-electron chi connectivity index (χ1n) is 9.12. The monoisotopic (exact) mass is 396 g/mol. The first-order chi connectivity index (χ1) is 13.2. The average molecular weight is 397 g/mol. The molecule has 0 N–H and O–H groups in total. The van der Waals surface area contributed by atoms with Gasteiger partial charge in [0.1, 0.15) is 4.88 Å². The highest BCUT2D eigenvalue weighted by Gasteiger charge is 2.25. The first-order valence-corrected chi connectivity index (χ1v) is 10.3. The van der Waals surface area contributed by atoms with Crippen molar-refractivity contribution in [3.8, 4) is 0 Å². The lowest BCUT2D eigenvalue weighted by molar-refractivity contribution is 0.0655. The number of thiophene rings is 1. The Labute approximate surface area is 168 Å². The fourth-order valence-corrected chi connectivity index (χ4v) is 4.81. The molecule has 0 saturated carbocycles. The lowest BCUT2D eigenvalue weighted by atomic mass is 10.2. The van der Waals surface area contributed by atoms with Crippen LogP contribution in [0.25, 0.3) is 16.2 Å². The molecule has 0 bridgehead atoms. The van der Waals surface area contributed by atoms with Crippen molar-refractivity contribution in [1.29, 1.82) is 0 Å². The highest BCUT2D eigenvalue weighted by atomic mass is 35.5. The molecule has 4 rings (SSSR count). The SMILES string of the molecule is O=C(c1sc2ccccc2c1Cl)N1CCN(CC=Cc2ccccc2)CC1. The molecule has 2 aromatic carbocycles. The second kappa shape index (κ2) is 8.26. The van der Waals surface area contributed by atoms with Crippen molar-refractivity contribution in [2.45, 2.75) is 0 Å². The number of fused-ring (bicyclic) bond motifs is 1. The van der Waals surface area contributed by atoms with Gasteiger partial charge in [0.05, 0.1) is 5.02 Å². The molecule has 2 heterocycles. The number of carbonyl (C=O) groups is 1. The number of piperazine rings is 1. The van der Waals surface area contributed by atoms with Gasteiger partial charge in [0, 0.05) is 42.8 Å². The van der Waals surface area contributed by atoms with Crippen molar-refractivity contribution < 1.29 is 4.79 Å². The number of benzene rings is 2. The molecule has 0 atom stereocenters. The minimum atomic E-state index is 0.0562. The van der Waals surface area contributed by atoms with E-state index in [1.807, 2.05) is 47.4 Å². The van der Waals surface area contributed by atoms with E-state index in [1.54, 1.807) is 0 Å². The third-order valence-corrected chi connectivity index (χ3v) is 6.53. The fraction of sp³-hybridized carbons (Fsp3) is 0.227. The summed E-state index contributed by atoms with van der Waals surface area (Å²) in [6.45, 7) is 4.15. The summed E-state index contributed by atoms with van der Waals surface area (Å²) in [6, 6.07) is 18.2. The van der Waals surface area contributed by atoms with E-state index in [4.69, 9.17) is 11.6 Å². The van der Waals surface area contributed by atoms with E-state index in [9.17, 15) is 4.79 Å². The number of carbonyl (C=O) groups excluding carboxylic acids is 1. The molecule has 1 fully saturated rings. The van der Waals surface area contributed by atoms with Gasteiger partial charge < -0.3 is 4.90 Å². The van der Waals surface area contributed by atoms with Crippen LogP contribution >= 0.6 is 22.9 Å². The van der Waals surface area contributed by atoms with Gasteiger partial charge in [0.25, 0.3) is 5.91 Å². The summed E-state index contributed by atoms with van der Waals surface area (Å²) < 4.78 is 1.07. The Morgan fingerprint density at radius 2 is 1.70 bits per heavy atom. The molecule has 1 aromatic heterocycles. The van der Waals surface area contributed by atoms with Gasteiger partial charge >= 0.3 is 0 Å². The third kappa shape index (κ3) is 4.08. The molecule has 1 aliphatic heterocycles. The Hall–Kier alpha value is -2.14. The molecule has 0 unspecified atom stereocenters. The molecule has 0 radical (unpaired) electrons. The maximum atomic E-state index is 12.9. The van der Waals surface area contributed by atoms with Crippen LogP contribution in [0.2, 0.25) is 5.02 Å². The van der Waals surface area contributed by atoms with E-state index >= 15 is 0 Å². The summed E-state index contributed by atoms with van der Waals surface area (Å²) in [5.74, 6) is 0.0562. The quantitative estimate of drug-likeness (QED) is 0.617. The van der Waals surface area contributed by atoms with Crippen LogP contribution in [0.4, 0.5) is 0 Å². The van der Waals surface area contributed by atoms with E-state index in [1.165, 1.54) is 16.9 Å². The van der Waals surface area contributed by atoms with Crippen LogP contribution in [0.15, 0.2) is 60.7 Å². The number of rotatable bonds is 4. The number of nitrogens with zero attached hydrogens (tertiary/aromatic N) is 2. The zero-order valence-corrected chi connectivity index (χ0v) is 16.5. The molecule has 1 amide bonds. The Morgan fingerprint density at radius 1 is 1.00 bits per heavy atom. The van der Waals surface area contributed by atoms with Gasteiger partial charge in [-0.25, -0.2) is 0 Å². The van der Waals surface area contributed by atoms with Gasteiger partial charge in [0.15, 0.2) is 0 Å². The standard InChI is InChI=1S/C22H21ClN2OS/c23-20-18-10-4-5-11-19(18)27-21(20)22(26)25-15-13-24(14-16-25)12-6-9-17-7-2-1-3-8-17/h1-11H,12-16H2. The van der Waals surface area contributed by atoms with Gasteiger partial charge in [-0.2, -0.15) is 0 Å². The summed E-state index contributed by atoms with van der Waals surface area (Å²) in [6.07, 6.45) is 4.34. The minimum Gasteiger partial charge on any atom is -0.335 e. The van der Waals surface area contributed by atoms with Crippen molar-refractivity contribution in [3.63, 3.8) is 0 Å². The maximum Gasteiger partial charge on any atom is 0.265 e. The topological polar surface area (TPSA) is 23.6 Å². The second-order valence-electron chi connectivity index (χ2n) is 6.65. The molecule has 0 aliphatic carbocycles. The van der Waals surface area contributed by atoms with Crippen LogP contribution in [0.3, 0.4) is 0 Å². The number of amides is 1. The van der Waals surface area contributed by atoms with E-state index in [-0.39, 0.29) is 5.91 Å². The predicted molar refractivity (Wildman–Crippen MR) is 115 cm³/mol. The van der Waals surface area contributed by atoms with Gasteiger partial charge in [-0.15, -0.1) is 11.3 Å². The second-order valence-corrected chi connectivity index (χ2v) is 8.08. The highest BCUT2D eigenvalue weighted by Crippen LogP contribution is 2.36. The van der Waals surface area contributed by atoms with Crippen molar-refractivity contribution in [2.75, 3.05) is 32.7 Å². The molecule has 1 aliphatic rings. The summed E-state index contributed by atoms with van der Waals surface area (Å²) >= 11 is 7.96. The van der Waals surface area contributed by atoms with Crippen LogP contribution in [-0.2, 0) is 0 Å². The van der Waals surface area contributed by atoms with Gasteiger partial charge in [-0.3, -0.25) is 9.69 Å². The van der Waals surface area contributed by atoms with Crippen LogP contribution in [0.1, 0.15) is 15.2 Å². The summed E-state index contributed by atoms with van der Waals surface area (Å²) in [7, 11) is 0. The molecule has 138 valence electrons. The van der Waals surface area contributed by atoms with Crippen molar-refractivity contribution >= 4 is 45.0 Å². The first kappa shape index (κ1) is 18.2. The lowest BCUT2D eigenvalue weighted by Crippen LogP contribution is -2.48. The van der Waals surface area contributed by atoms with Gasteiger partial charge in [0.2, 0.25) is 0 Å². The van der Waals surface area contributed by atoms with E-state index < -0.39 is 0 Å². The molecular formula is C22H21ClN2OS. The number of halogens is 1. The number of hydrogen-bond donors (Lipinski definition) is 0. The molecule has 27 heavy (non-hydrogen) atoms. The molecule has 3 aromatic rings. The van der Waals surface area contributed by atoms with E-state index in [0.29, 0.717) is 9.90 Å². The van der Waals surface area contributed by atoms with Gasteiger partial charge in [-0.05, 0) is 11.6 Å². The smallest absolute Gasteiger partial charge is 0.265 e. The predicted octanol–water partition coefficient (Wildman–Crippen LogP) is 5.03. The Balaban J connectivity index is 1.35. The van der Waals surface area contributed by atoms with E-state index in [0.717, 1.165) is 42.8 Å². The van der Waals surface area contributed by atoms with Crippen molar-refractivity contribution in [1.82, 2.24) is 9.80 Å². The average Bonchev–Trinajstić information content (AvgIpc) is 3.06. The summed E-state index contributed by atoms with van der Waals surface area (Å²) in [4.78, 5) is 17.9. The zero-order chi connectivity index (χ0) is 18.6. The Morgan fingerprint density at radius 3 is 2.44 bits per heavy atom. The largest absolute Gasteiger partial charge is 0.335 e. The Kier molecular flexibility index (Phi) is 5.58. The van der Waals surface area contributed by atoms with Gasteiger partial charge in [-0.1, -0.05) is 72.3 Å².